The van der Waals surface area contributed by atoms with Gasteiger partial charge in [0.05, 0.1) is 0 Å². The van der Waals surface area contributed by atoms with Gasteiger partial charge in [-0.25, -0.2) is 0 Å². The second-order valence-corrected chi connectivity index (χ2v) is 18.4. The molecule has 0 aromatic heterocycles. The highest BCUT2D eigenvalue weighted by atomic mass is 28.4. The van der Waals surface area contributed by atoms with Gasteiger partial charge in [-0.2, -0.15) is 0 Å². The van der Waals surface area contributed by atoms with E-state index in [2.05, 4.69) is 78.0 Å². The lowest BCUT2D eigenvalue weighted by atomic mass is 9.81. The van der Waals surface area contributed by atoms with Crippen molar-refractivity contribution in [3.05, 3.63) is 24.3 Å². The second kappa shape index (κ2) is 17.7. The third kappa shape index (κ3) is 10.9. The maximum Gasteiger partial charge on any atom is 0.334 e. The highest BCUT2D eigenvalue weighted by Crippen LogP contribution is 2.30. The van der Waals surface area contributed by atoms with E-state index >= 15 is 0 Å². The molecule has 34 heavy (non-hydrogen) atoms. The topological polar surface area (TPSA) is 47.6 Å². The Morgan fingerprint density at radius 3 is 1.65 bits per heavy atom. The molecule has 7 heteroatoms. The first-order valence-electron chi connectivity index (χ1n) is 14.1. The van der Waals surface area contributed by atoms with E-state index in [1.807, 2.05) is 0 Å². The molecule has 1 rings (SSSR count). The van der Waals surface area contributed by atoms with Gasteiger partial charge in [0.1, 0.15) is 0 Å². The maximum absolute atomic E-state index is 13.0. The van der Waals surface area contributed by atoms with Crippen LogP contribution in [0, 0.1) is 5.41 Å². The molecule has 1 N–H and O–H groups in total. The summed E-state index contributed by atoms with van der Waals surface area (Å²) in [5.41, 5.74) is 0.570. The van der Waals surface area contributed by atoms with Crippen LogP contribution >= 0.6 is 0 Å². The van der Waals surface area contributed by atoms with Gasteiger partial charge in [0, 0.05) is 11.1 Å². The van der Waals surface area contributed by atoms with Crippen LogP contribution in [0.5, 0.6) is 0 Å². The number of carbonyl (C=O) groups excluding carboxylic acids is 1. The fraction of sp³-hybridized carbons (Fsp3) is 0.741. The molecule has 0 bridgehead atoms. The molecule has 1 aromatic rings. The van der Waals surface area contributed by atoms with Crippen molar-refractivity contribution in [2.75, 3.05) is 5.32 Å². The number of amides is 1. The summed E-state index contributed by atoms with van der Waals surface area (Å²) in [7, 11) is -4.43. The predicted octanol–water partition coefficient (Wildman–Crippen LogP) is 6.78. The first-order chi connectivity index (χ1) is 16.4. The monoisotopic (exact) mass is 523 g/mol. The fourth-order valence-corrected chi connectivity index (χ4v) is 15.1. The Labute approximate surface area is 215 Å². The van der Waals surface area contributed by atoms with Crippen molar-refractivity contribution in [1.29, 1.82) is 0 Å². The van der Waals surface area contributed by atoms with Crippen LogP contribution in [-0.2, 0) is 13.0 Å². The molecule has 0 spiro atoms. The van der Waals surface area contributed by atoms with Crippen molar-refractivity contribution in [2.45, 2.75) is 124 Å². The average Bonchev–Trinajstić information content (AvgIpc) is 2.83. The second-order valence-electron chi connectivity index (χ2n) is 10.1. The van der Waals surface area contributed by atoms with Gasteiger partial charge in [-0.15, -0.1) is 0 Å². The van der Waals surface area contributed by atoms with Crippen molar-refractivity contribution >= 4 is 44.1 Å². The summed E-state index contributed by atoms with van der Waals surface area (Å²) >= 11 is 0. The molecule has 1 aromatic carbocycles. The van der Waals surface area contributed by atoms with E-state index in [0.717, 1.165) is 31.4 Å². The molecule has 0 aliphatic rings. The number of unbranched alkanes of at least 4 members (excludes halogenated alkanes) is 1. The van der Waals surface area contributed by atoms with Gasteiger partial charge in [0.25, 0.3) is 0 Å². The molecule has 1 unspecified atom stereocenters. The first-order valence-corrected chi connectivity index (χ1v) is 19.8. The van der Waals surface area contributed by atoms with Crippen LogP contribution in [0.4, 0.5) is 5.69 Å². The van der Waals surface area contributed by atoms with E-state index in [1.165, 1.54) is 55.0 Å². The van der Waals surface area contributed by atoms with Crippen LogP contribution in [0.3, 0.4) is 0 Å². The zero-order chi connectivity index (χ0) is 25.4. The molecule has 0 aliphatic carbocycles. The number of carbonyl (C=O) groups is 1. The average molecular weight is 524 g/mol. The van der Waals surface area contributed by atoms with Gasteiger partial charge in [0.15, 0.2) is 18.1 Å². The number of hydrogen-bond donors (Lipinski definition) is 1. The van der Waals surface area contributed by atoms with Crippen molar-refractivity contribution < 1.29 is 13.0 Å². The minimum atomic E-state index is -1.93. The predicted molar refractivity (Wildman–Crippen MR) is 157 cm³/mol. The molecule has 0 heterocycles. The van der Waals surface area contributed by atoms with Gasteiger partial charge < -0.3 is 13.5 Å². The Hall–Kier alpha value is -0.739. The quantitative estimate of drug-likeness (QED) is 0.203. The van der Waals surface area contributed by atoms with Crippen molar-refractivity contribution in [1.82, 2.24) is 0 Å². The van der Waals surface area contributed by atoms with E-state index in [9.17, 15) is 4.79 Å². The Kier molecular flexibility index (Phi) is 16.2. The fourth-order valence-electron chi connectivity index (χ4n) is 4.41. The van der Waals surface area contributed by atoms with Gasteiger partial charge in [-0.3, -0.25) is 4.79 Å². The minimum absolute atomic E-state index is 0.134. The molecule has 4 nitrogen and oxygen atoms in total. The molecule has 1 amide bonds. The summed E-state index contributed by atoms with van der Waals surface area (Å²) in [6.45, 7) is 15.5. The van der Waals surface area contributed by atoms with Crippen molar-refractivity contribution in [2.24, 2.45) is 5.41 Å². The van der Waals surface area contributed by atoms with Gasteiger partial charge in [-0.1, -0.05) is 99.1 Å². The molecule has 0 saturated carbocycles. The summed E-state index contributed by atoms with van der Waals surface area (Å²) < 4.78 is 13.8. The lowest BCUT2D eigenvalue weighted by Crippen LogP contribution is -2.45. The molecule has 0 saturated heterocycles. The highest BCUT2D eigenvalue weighted by molar-refractivity contribution is 6.76. The lowest BCUT2D eigenvalue weighted by molar-refractivity contribution is -0.125. The molecule has 0 fully saturated rings. The summed E-state index contributed by atoms with van der Waals surface area (Å²) in [4.78, 5) is 13.0. The smallest absolute Gasteiger partial charge is 0.334 e. The molecule has 196 valence electrons. The summed E-state index contributed by atoms with van der Waals surface area (Å²) in [5.74, 6) is 0.134. The molecule has 1 atom stereocenters. The lowest BCUT2D eigenvalue weighted by Gasteiger charge is -2.28. The Bertz CT molecular complexity index is 644. The largest absolute Gasteiger partial charge is 0.438 e. The zero-order valence-electron chi connectivity index (χ0n) is 23.3. The van der Waals surface area contributed by atoms with Crippen molar-refractivity contribution in [3.63, 3.8) is 0 Å². The Balaban J connectivity index is 3.04. The van der Waals surface area contributed by atoms with E-state index < -0.39 is 27.4 Å². The van der Waals surface area contributed by atoms with Crippen LogP contribution in [0.2, 0.25) is 24.2 Å². The summed E-state index contributed by atoms with van der Waals surface area (Å²) in [5, 5.41) is 4.42. The van der Waals surface area contributed by atoms with Gasteiger partial charge >= 0.3 is 9.28 Å². The minimum Gasteiger partial charge on any atom is -0.438 e. The SMILES string of the molecule is CCCCC(C)(CC)C(=O)Nc1ccc([SiH](O[SiH](CCC)CCC)O[SiH](CCC)CCC)cc1. The van der Waals surface area contributed by atoms with E-state index in [1.54, 1.807) is 0 Å². The van der Waals surface area contributed by atoms with Gasteiger partial charge in [0.2, 0.25) is 5.91 Å². The standard InChI is InChI=1S/C27H53NO3Si3/c1-8-14-19-27(7,13-6)26(29)28-24-15-17-25(18-16-24)34(30-32(20-9-2)21-10-3)31-33(22-11-4)23-12-5/h15-18,32-34H,8-14,19-23H2,1-7H3,(H,28,29). The van der Waals surface area contributed by atoms with Crippen LogP contribution < -0.4 is 10.5 Å². The van der Waals surface area contributed by atoms with Gasteiger partial charge in [-0.05, 0) is 54.3 Å². The van der Waals surface area contributed by atoms with E-state index in [-0.39, 0.29) is 11.3 Å². The Morgan fingerprint density at radius 1 is 0.794 bits per heavy atom. The molecular weight excluding hydrogens is 471 g/mol. The zero-order valence-corrected chi connectivity index (χ0v) is 26.7. The molecule has 0 aliphatic heterocycles. The normalized spacial score (nSPS) is 13.6. The molecule has 0 radical (unpaired) electrons. The summed E-state index contributed by atoms with van der Waals surface area (Å²) in [6, 6.07) is 13.4. The number of benzene rings is 1. The van der Waals surface area contributed by atoms with Crippen LogP contribution in [0.1, 0.15) is 99.8 Å². The van der Waals surface area contributed by atoms with E-state index in [0.29, 0.717) is 0 Å². The molecular formula is C27H53NO3Si3. The van der Waals surface area contributed by atoms with E-state index in [4.69, 9.17) is 8.23 Å². The first kappa shape index (κ1) is 31.3. The maximum atomic E-state index is 13.0. The van der Waals surface area contributed by atoms with Crippen LogP contribution in [0.25, 0.3) is 0 Å². The highest BCUT2D eigenvalue weighted by Gasteiger charge is 2.31. The summed E-state index contributed by atoms with van der Waals surface area (Å²) in [6.07, 6.45) is 8.77. The third-order valence-corrected chi connectivity index (χ3v) is 17.8. The van der Waals surface area contributed by atoms with Crippen LogP contribution in [0.15, 0.2) is 24.3 Å². The third-order valence-electron chi connectivity index (χ3n) is 6.93. The number of anilines is 1. The number of hydrogen-bond acceptors (Lipinski definition) is 3. The Morgan fingerprint density at radius 2 is 1.26 bits per heavy atom. The number of nitrogens with one attached hydrogen (secondary N) is 1. The van der Waals surface area contributed by atoms with Crippen LogP contribution in [-0.4, -0.2) is 33.3 Å². The van der Waals surface area contributed by atoms with Crippen molar-refractivity contribution in [3.8, 4) is 0 Å². The number of rotatable bonds is 19.